The SMILES string of the molecule is Brc1csc(CN2CCCC2C2CCCN2)c1. The smallest absolute Gasteiger partial charge is 0.0331 e. The van der Waals surface area contributed by atoms with Crippen LogP contribution in [0.15, 0.2) is 15.9 Å². The van der Waals surface area contributed by atoms with Crippen LogP contribution in [0.3, 0.4) is 0 Å². The lowest BCUT2D eigenvalue weighted by molar-refractivity contribution is 0.208. The van der Waals surface area contributed by atoms with Gasteiger partial charge in [-0.3, -0.25) is 4.90 Å². The molecule has 4 heteroatoms. The van der Waals surface area contributed by atoms with Crippen molar-refractivity contribution in [1.82, 2.24) is 10.2 Å². The number of hydrogen-bond acceptors (Lipinski definition) is 3. The third-order valence-corrected chi connectivity index (χ3v) is 5.64. The second kappa shape index (κ2) is 5.39. The molecule has 1 N–H and O–H groups in total. The van der Waals surface area contributed by atoms with E-state index >= 15 is 0 Å². The van der Waals surface area contributed by atoms with E-state index in [1.807, 2.05) is 11.3 Å². The van der Waals surface area contributed by atoms with Gasteiger partial charge in [0.1, 0.15) is 0 Å². The van der Waals surface area contributed by atoms with Crippen molar-refractivity contribution in [3.05, 3.63) is 20.8 Å². The molecule has 2 nitrogen and oxygen atoms in total. The number of nitrogens with one attached hydrogen (secondary N) is 1. The van der Waals surface area contributed by atoms with Crippen molar-refractivity contribution in [2.75, 3.05) is 13.1 Å². The average molecular weight is 315 g/mol. The number of rotatable bonds is 3. The lowest BCUT2D eigenvalue weighted by Gasteiger charge is -2.29. The Labute approximate surface area is 116 Å². The van der Waals surface area contributed by atoms with E-state index in [0.717, 1.165) is 18.6 Å². The van der Waals surface area contributed by atoms with Gasteiger partial charge in [0.2, 0.25) is 0 Å². The molecule has 2 saturated heterocycles. The van der Waals surface area contributed by atoms with Crippen LogP contribution in [-0.2, 0) is 6.54 Å². The number of likely N-dealkylation sites (tertiary alicyclic amines) is 1. The highest BCUT2D eigenvalue weighted by atomic mass is 79.9. The Kier molecular flexibility index (Phi) is 3.85. The van der Waals surface area contributed by atoms with E-state index in [0.29, 0.717) is 0 Å². The Hall–Kier alpha value is 0.1000. The van der Waals surface area contributed by atoms with Gasteiger partial charge in [0.05, 0.1) is 0 Å². The first kappa shape index (κ1) is 12.2. The van der Waals surface area contributed by atoms with Crippen molar-refractivity contribution in [2.24, 2.45) is 0 Å². The monoisotopic (exact) mass is 314 g/mol. The van der Waals surface area contributed by atoms with E-state index in [1.165, 1.54) is 48.1 Å². The molecule has 0 aliphatic carbocycles. The largest absolute Gasteiger partial charge is 0.312 e. The molecule has 0 bridgehead atoms. The Morgan fingerprint density at radius 1 is 1.41 bits per heavy atom. The van der Waals surface area contributed by atoms with Crippen LogP contribution in [-0.4, -0.2) is 30.1 Å². The molecule has 3 rings (SSSR count). The summed E-state index contributed by atoms with van der Waals surface area (Å²) in [5.41, 5.74) is 0. The van der Waals surface area contributed by atoms with Crippen molar-refractivity contribution >= 4 is 27.3 Å². The molecule has 2 unspecified atom stereocenters. The van der Waals surface area contributed by atoms with Crippen molar-refractivity contribution in [3.8, 4) is 0 Å². The number of nitrogens with zero attached hydrogens (tertiary/aromatic N) is 1. The average Bonchev–Trinajstić information content (AvgIpc) is 3.00. The lowest BCUT2D eigenvalue weighted by Crippen LogP contribution is -2.43. The Morgan fingerprint density at radius 3 is 3.06 bits per heavy atom. The number of halogens is 1. The van der Waals surface area contributed by atoms with E-state index in [2.05, 4.69) is 37.6 Å². The Morgan fingerprint density at radius 2 is 2.35 bits per heavy atom. The molecule has 0 spiro atoms. The third kappa shape index (κ3) is 2.75. The van der Waals surface area contributed by atoms with Crippen LogP contribution >= 0.6 is 27.3 Å². The maximum atomic E-state index is 3.67. The van der Waals surface area contributed by atoms with Gasteiger partial charge in [-0.1, -0.05) is 0 Å². The summed E-state index contributed by atoms with van der Waals surface area (Å²) in [6.45, 7) is 3.64. The summed E-state index contributed by atoms with van der Waals surface area (Å²) < 4.78 is 1.23. The van der Waals surface area contributed by atoms with Crippen LogP contribution in [0.1, 0.15) is 30.6 Å². The maximum Gasteiger partial charge on any atom is 0.0331 e. The minimum Gasteiger partial charge on any atom is -0.312 e. The van der Waals surface area contributed by atoms with Gasteiger partial charge in [-0.25, -0.2) is 0 Å². The quantitative estimate of drug-likeness (QED) is 0.921. The van der Waals surface area contributed by atoms with E-state index in [-0.39, 0.29) is 0 Å². The van der Waals surface area contributed by atoms with Crippen LogP contribution in [0, 0.1) is 0 Å². The Bertz CT molecular complexity index is 373. The second-order valence-electron chi connectivity index (χ2n) is 5.11. The van der Waals surface area contributed by atoms with E-state index < -0.39 is 0 Å². The molecule has 1 aromatic heterocycles. The molecular weight excluding hydrogens is 296 g/mol. The number of hydrogen-bond donors (Lipinski definition) is 1. The highest BCUT2D eigenvalue weighted by Gasteiger charge is 2.33. The van der Waals surface area contributed by atoms with Crippen LogP contribution in [0.5, 0.6) is 0 Å². The molecule has 94 valence electrons. The summed E-state index contributed by atoms with van der Waals surface area (Å²) in [4.78, 5) is 4.17. The fraction of sp³-hybridized carbons (Fsp3) is 0.692. The van der Waals surface area contributed by atoms with Gasteiger partial charge in [-0.2, -0.15) is 0 Å². The molecule has 2 aliphatic rings. The van der Waals surface area contributed by atoms with Gasteiger partial charge in [0.15, 0.2) is 0 Å². The van der Waals surface area contributed by atoms with Crippen molar-refractivity contribution < 1.29 is 0 Å². The zero-order valence-electron chi connectivity index (χ0n) is 9.99. The molecule has 0 saturated carbocycles. The first-order valence-electron chi connectivity index (χ1n) is 6.53. The van der Waals surface area contributed by atoms with Gasteiger partial charge in [-0.05, 0) is 60.8 Å². The van der Waals surface area contributed by atoms with Crippen LogP contribution in [0.25, 0.3) is 0 Å². The maximum absolute atomic E-state index is 3.67. The summed E-state index contributed by atoms with van der Waals surface area (Å²) in [6, 6.07) is 3.79. The number of thiophene rings is 1. The minimum absolute atomic E-state index is 0.751. The van der Waals surface area contributed by atoms with E-state index in [1.54, 1.807) is 0 Å². The molecule has 3 heterocycles. The van der Waals surface area contributed by atoms with Crippen molar-refractivity contribution in [3.63, 3.8) is 0 Å². The van der Waals surface area contributed by atoms with Gasteiger partial charge < -0.3 is 5.32 Å². The minimum atomic E-state index is 0.751. The summed E-state index contributed by atoms with van der Waals surface area (Å²) in [7, 11) is 0. The highest BCUT2D eigenvalue weighted by molar-refractivity contribution is 9.10. The molecule has 0 aromatic carbocycles. The summed E-state index contributed by atoms with van der Waals surface area (Å²) in [5, 5.41) is 5.86. The molecule has 17 heavy (non-hydrogen) atoms. The summed E-state index contributed by atoms with van der Waals surface area (Å²) >= 11 is 5.41. The zero-order valence-corrected chi connectivity index (χ0v) is 12.4. The van der Waals surface area contributed by atoms with E-state index in [9.17, 15) is 0 Å². The highest BCUT2D eigenvalue weighted by Crippen LogP contribution is 2.28. The van der Waals surface area contributed by atoms with Crippen molar-refractivity contribution in [1.29, 1.82) is 0 Å². The van der Waals surface area contributed by atoms with Crippen LogP contribution < -0.4 is 5.32 Å². The predicted octanol–water partition coefficient (Wildman–Crippen LogP) is 3.23. The fourth-order valence-electron chi connectivity index (χ4n) is 3.18. The first-order chi connectivity index (χ1) is 8.33. The molecule has 0 radical (unpaired) electrons. The third-order valence-electron chi connectivity index (χ3n) is 3.96. The van der Waals surface area contributed by atoms with Gasteiger partial charge in [-0.15, -0.1) is 11.3 Å². The summed E-state index contributed by atoms with van der Waals surface area (Å²) in [6.07, 6.45) is 5.48. The Balaban J connectivity index is 1.65. The zero-order chi connectivity index (χ0) is 11.7. The van der Waals surface area contributed by atoms with Gasteiger partial charge in [0, 0.05) is 33.4 Å². The molecular formula is C13H19BrN2S. The molecule has 0 amide bonds. The van der Waals surface area contributed by atoms with E-state index in [4.69, 9.17) is 0 Å². The summed E-state index contributed by atoms with van der Waals surface area (Å²) in [5.74, 6) is 0. The lowest BCUT2D eigenvalue weighted by atomic mass is 10.0. The van der Waals surface area contributed by atoms with Gasteiger partial charge >= 0.3 is 0 Å². The van der Waals surface area contributed by atoms with Crippen molar-refractivity contribution in [2.45, 2.75) is 44.3 Å². The normalized spacial score (nSPS) is 30.2. The molecule has 1 aromatic rings. The standard InChI is InChI=1S/C13H19BrN2S/c14-10-7-11(17-9-10)8-16-6-2-4-13(16)12-3-1-5-15-12/h7,9,12-13,15H,1-6,8H2. The predicted molar refractivity (Wildman–Crippen MR) is 76.5 cm³/mol. The molecule has 2 atom stereocenters. The molecule has 2 fully saturated rings. The van der Waals surface area contributed by atoms with Crippen LogP contribution in [0.2, 0.25) is 0 Å². The second-order valence-corrected chi connectivity index (χ2v) is 7.03. The fourth-order valence-corrected chi connectivity index (χ4v) is 4.66. The first-order valence-corrected chi connectivity index (χ1v) is 8.20. The molecule has 2 aliphatic heterocycles. The topological polar surface area (TPSA) is 15.3 Å². The van der Waals surface area contributed by atoms with Gasteiger partial charge in [0.25, 0.3) is 0 Å². The van der Waals surface area contributed by atoms with Crippen LogP contribution in [0.4, 0.5) is 0 Å².